The van der Waals surface area contributed by atoms with Gasteiger partial charge in [0, 0.05) is 28.9 Å². The second kappa shape index (κ2) is 5.30. The van der Waals surface area contributed by atoms with Crippen molar-refractivity contribution in [2.75, 3.05) is 20.1 Å². The minimum Gasteiger partial charge on any atom is -0.318 e. The molecule has 0 radical (unpaired) electrons. The van der Waals surface area contributed by atoms with Gasteiger partial charge in [-0.15, -0.1) is 11.3 Å². The van der Waals surface area contributed by atoms with E-state index in [2.05, 4.69) is 55.8 Å². The van der Waals surface area contributed by atoms with Crippen LogP contribution in [-0.4, -0.2) is 25.7 Å². The molecule has 2 nitrogen and oxygen atoms in total. The summed E-state index contributed by atoms with van der Waals surface area (Å²) in [6.45, 7) is 11.0. The summed E-state index contributed by atoms with van der Waals surface area (Å²) in [5.74, 6) is 0. The summed E-state index contributed by atoms with van der Waals surface area (Å²) in [5, 5.41) is 9.00. The maximum Gasteiger partial charge on any atom is 0.0249 e. The average Bonchev–Trinajstić information content (AvgIpc) is 2.68. The van der Waals surface area contributed by atoms with Gasteiger partial charge in [0.05, 0.1) is 0 Å². The lowest BCUT2D eigenvalue weighted by Crippen LogP contribution is -2.50. The van der Waals surface area contributed by atoms with Crippen LogP contribution in [0.15, 0.2) is 17.5 Å². The van der Waals surface area contributed by atoms with Gasteiger partial charge in [0.1, 0.15) is 0 Å². The standard InChI is InChI=1S/C13H24N2S/c1-12(2,11-7-6-8-16-11)9-15-13(3,4)10-14-5/h6-8,14-15H,9-10H2,1-5H3. The van der Waals surface area contributed by atoms with Crippen LogP contribution in [0, 0.1) is 0 Å². The van der Waals surface area contributed by atoms with Gasteiger partial charge in [-0.1, -0.05) is 19.9 Å². The Hall–Kier alpha value is -0.380. The van der Waals surface area contributed by atoms with Gasteiger partial charge in [-0.2, -0.15) is 0 Å². The van der Waals surface area contributed by atoms with E-state index in [9.17, 15) is 0 Å². The highest BCUT2D eigenvalue weighted by molar-refractivity contribution is 7.10. The van der Waals surface area contributed by atoms with Gasteiger partial charge in [0.2, 0.25) is 0 Å². The summed E-state index contributed by atoms with van der Waals surface area (Å²) >= 11 is 1.84. The van der Waals surface area contributed by atoms with E-state index in [1.54, 1.807) is 0 Å². The van der Waals surface area contributed by atoms with Gasteiger partial charge in [0.25, 0.3) is 0 Å². The first kappa shape index (κ1) is 13.7. The second-order valence-corrected chi connectivity index (χ2v) is 6.58. The molecular weight excluding hydrogens is 216 g/mol. The smallest absolute Gasteiger partial charge is 0.0249 e. The first-order valence-corrected chi connectivity index (χ1v) is 6.69. The highest BCUT2D eigenvalue weighted by Gasteiger charge is 2.25. The minimum atomic E-state index is 0.142. The fourth-order valence-electron chi connectivity index (χ4n) is 1.72. The molecule has 0 saturated heterocycles. The van der Waals surface area contributed by atoms with Gasteiger partial charge >= 0.3 is 0 Å². The molecule has 92 valence electrons. The van der Waals surface area contributed by atoms with E-state index in [0.29, 0.717) is 0 Å². The molecule has 0 spiro atoms. The van der Waals surface area contributed by atoms with E-state index in [1.165, 1.54) is 4.88 Å². The molecule has 1 rings (SSSR count). The van der Waals surface area contributed by atoms with E-state index < -0.39 is 0 Å². The molecular formula is C13H24N2S. The molecule has 0 unspecified atom stereocenters. The van der Waals surface area contributed by atoms with Crippen molar-refractivity contribution in [1.29, 1.82) is 0 Å². The first-order valence-electron chi connectivity index (χ1n) is 5.81. The van der Waals surface area contributed by atoms with Gasteiger partial charge in [-0.05, 0) is 32.3 Å². The summed E-state index contributed by atoms with van der Waals surface area (Å²) in [7, 11) is 1.99. The van der Waals surface area contributed by atoms with Crippen molar-refractivity contribution < 1.29 is 0 Å². The number of thiophene rings is 1. The van der Waals surface area contributed by atoms with Crippen molar-refractivity contribution in [1.82, 2.24) is 10.6 Å². The van der Waals surface area contributed by atoms with Crippen molar-refractivity contribution in [3.05, 3.63) is 22.4 Å². The molecule has 0 aliphatic heterocycles. The summed E-state index contributed by atoms with van der Waals surface area (Å²) in [6, 6.07) is 4.35. The lowest BCUT2D eigenvalue weighted by Gasteiger charge is -2.32. The predicted octanol–water partition coefficient (Wildman–Crippen LogP) is 2.61. The maximum absolute atomic E-state index is 3.63. The third-order valence-electron chi connectivity index (χ3n) is 2.82. The zero-order chi connectivity index (χ0) is 12.2. The van der Waals surface area contributed by atoms with Crippen LogP contribution in [0.25, 0.3) is 0 Å². The Labute approximate surface area is 103 Å². The Morgan fingerprint density at radius 1 is 1.19 bits per heavy atom. The van der Waals surface area contributed by atoms with Crippen LogP contribution >= 0.6 is 11.3 Å². The Morgan fingerprint density at radius 2 is 1.88 bits per heavy atom. The fraction of sp³-hybridized carbons (Fsp3) is 0.692. The molecule has 0 saturated carbocycles. The summed E-state index contributed by atoms with van der Waals surface area (Å²) in [5.41, 5.74) is 0.350. The van der Waals surface area contributed by atoms with Crippen molar-refractivity contribution >= 4 is 11.3 Å². The number of hydrogen-bond acceptors (Lipinski definition) is 3. The molecule has 1 aromatic heterocycles. The van der Waals surface area contributed by atoms with Crippen LogP contribution in [0.3, 0.4) is 0 Å². The normalized spacial score (nSPS) is 13.1. The Morgan fingerprint density at radius 3 is 2.38 bits per heavy atom. The average molecular weight is 240 g/mol. The van der Waals surface area contributed by atoms with Crippen LogP contribution < -0.4 is 10.6 Å². The molecule has 3 heteroatoms. The lowest BCUT2D eigenvalue weighted by atomic mass is 9.90. The quantitative estimate of drug-likeness (QED) is 0.799. The molecule has 1 aromatic rings. The molecule has 0 bridgehead atoms. The number of nitrogens with one attached hydrogen (secondary N) is 2. The highest BCUT2D eigenvalue weighted by Crippen LogP contribution is 2.27. The molecule has 0 amide bonds. The van der Waals surface area contributed by atoms with Gasteiger partial charge in [-0.25, -0.2) is 0 Å². The molecule has 0 fully saturated rings. The molecule has 0 aliphatic carbocycles. The number of rotatable bonds is 6. The third kappa shape index (κ3) is 3.89. The van der Waals surface area contributed by atoms with Crippen molar-refractivity contribution in [3.63, 3.8) is 0 Å². The van der Waals surface area contributed by atoms with Crippen LogP contribution in [0.4, 0.5) is 0 Å². The number of likely N-dealkylation sites (N-methyl/N-ethyl adjacent to an activating group) is 1. The molecule has 16 heavy (non-hydrogen) atoms. The largest absolute Gasteiger partial charge is 0.318 e. The minimum absolute atomic E-state index is 0.142. The molecule has 0 atom stereocenters. The van der Waals surface area contributed by atoms with Crippen molar-refractivity contribution in [2.45, 2.75) is 38.6 Å². The SMILES string of the molecule is CNCC(C)(C)NCC(C)(C)c1cccs1. The second-order valence-electron chi connectivity index (χ2n) is 5.63. The van der Waals surface area contributed by atoms with Crippen LogP contribution in [0.5, 0.6) is 0 Å². The van der Waals surface area contributed by atoms with E-state index >= 15 is 0 Å². The third-order valence-corrected chi connectivity index (χ3v) is 4.05. The topological polar surface area (TPSA) is 24.1 Å². The van der Waals surface area contributed by atoms with Crippen molar-refractivity contribution in [2.24, 2.45) is 0 Å². The fourth-order valence-corrected chi connectivity index (χ4v) is 2.57. The summed E-state index contributed by atoms with van der Waals surface area (Å²) < 4.78 is 0. The zero-order valence-corrected chi connectivity index (χ0v) is 11.9. The Bertz CT molecular complexity index is 302. The van der Waals surface area contributed by atoms with Crippen LogP contribution in [0.2, 0.25) is 0 Å². The first-order chi connectivity index (χ1) is 7.37. The van der Waals surface area contributed by atoms with Crippen LogP contribution in [-0.2, 0) is 5.41 Å². The highest BCUT2D eigenvalue weighted by atomic mass is 32.1. The van der Waals surface area contributed by atoms with Gasteiger partial charge in [-0.3, -0.25) is 0 Å². The maximum atomic E-state index is 3.63. The van der Waals surface area contributed by atoms with Crippen LogP contribution in [0.1, 0.15) is 32.6 Å². The number of hydrogen-bond donors (Lipinski definition) is 2. The monoisotopic (exact) mass is 240 g/mol. The summed E-state index contributed by atoms with van der Waals surface area (Å²) in [6.07, 6.45) is 0. The molecule has 2 N–H and O–H groups in total. The predicted molar refractivity (Wildman–Crippen MR) is 73.4 cm³/mol. The van der Waals surface area contributed by atoms with E-state index in [-0.39, 0.29) is 11.0 Å². The lowest BCUT2D eigenvalue weighted by molar-refractivity contribution is 0.335. The van der Waals surface area contributed by atoms with E-state index in [4.69, 9.17) is 0 Å². The van der Waals surface area contributed by atoms with Gasteiger partial charge in [0.15, 0.2) is 0 Å². The zero-order valence-electron chi connectivity index (χ0n) is 11.1. The Kier molecular flexibility index (Phi) is 4.53. The van der Waals surface area contributed by atoms with Gasteiger partial charge < -0.3 is 10.6 Å². The van der Waals surface area contributed by atoms with E-state index in [0.717, 1.165) is 13.1 Å². The molecule has 1 heterocycles. The molecule has 0 aromatic carbocycles. The van der Waals surface area contributed by atoms with Crippen molar-refractivity contribution in [3.8, 4) is 0 Å². The Balaban J connectivity index is 2.54. The van der Waals surface area contributed by atoms with E-state index in [1.807, 2.05) is 18.4 Å². The summed E-state index contributed by atoms with van der Waals surface area (Å²) in [4.78, 5) is 1.44. The molecule has 0 aliphatic rings.